The first-order valence-corrected chi connectivity index (χ1v) is 8.34. The van der Waals surface area contributed by atoms with E-state index >= 15 is 0 Å². The maximum Gasteiger partial charge on any atom is 0.220 e. The van der Waals surface area contributed by atoms with Crippen LogP contribution in [0.4, 0.5) is 4.39 Å². The van der Waals surface area contributed by atoms with Crippen LogP contribution in [-0.4, -0.2) is 21.3 Å². The predicted octanol–water partition coefficient (Wildman–Crippen LogP) is 5.56. The van der Waals surface area contributed by atoms with Crippen LogP contribution in [0.15, 0.2) is 41.1 Å². The highest BCUT2D eigenvalue weighted by Crippen LogP contribution is 2.37. The number of nitrogens with one attached hydrogen (secondary N) is 2. The third-order valence-corrected chi connectivity index (χ3v) is 4.54. The Morgan fingerprint density at radius 1 is 1.39 bits per heavy atom. The van der Waals surface area contributed by atoms with Gasteiger partial charge in [0, 0.05) is 41.0 Å². The Balaban J connectivity index is 0.00000192. The van der Waals surface area contributed by atoms with Crippen LogP contribution in [0.5, 0.6) is 11.6 Å². The molecule has 0 saturated heterocycles. The minimum atomic E-state index is -0.492. The second-order valence-electron chi connectivity index (χ2n) is 4.46. The van der Waals surface area contributed by atoms with Crippen molar-refractivity contribution in [2.45, 2.75) is 0 Å². The molecule has 1 aromatic carbocycles. The van der Waals surface area contributed by atoms with Crippen LogP contribution in [0.2, 0.25) is 0 Å². The maximum atomic E-state index is 14.2. The summed E-state index contributed by atoms with van der Waals surface area (Å²) < 4.78 is 20.3. The Hall–Kier alpha value is -1.13. The summed E-state index contributed by atoms with van der Waals surface area (Å²) in [5, 5.41) is 9.04. The number of benzene rings is 1. The normalized spacial score (nSPS) is 10.4. The van der Waals surface area contributed by atoms with Gasteiger partial charge in [0.25, 0.3) is 0 Å². The molecule has 0 aliphatic rings. The van der Waals surface area contributed by atoms with Crippen LogP contribution >= 0.6 is 51.7 Å². The molecule has 23 heavy (non-hydrogen) atoms. The number of pyridine rings is 1. The number of aromatic amines is 1. The van der Waals surface area contributed by atoms with Gasteiger partial charge in [0.1, 0.15) is 0 Å². The van der Waals surface area contributed by atoms with E-state index in [-0.39, 0.29) is 35.6 Å². The number of rotatable bonds is 3. The van der Waals surface area contributed by atoms with Crippen LogP contribution in [0.1, 0.15) is 5.56 Å². The van der Waals surface area contributed by atoms with Gasteiger partial charge in [0.05, 0.1) is 9.52 Å². The fourth-order valence-corrected chi connectivity index (χ4v) is 3.01. The highest BCUT2D eigenvalue weighted by Gasteiger charge is 2.15. The standard InChI is InChI=1S/C15H11BrFN3OS.HI/c1-22-15(18)8-2-4-20-12(6-8)21-14-10(17)7-11-9(13(14)16)3-5-19-11;/h2-7,18-19H,1H3;1H. The molecule has 0 aliphatic heterocycles. The van der Waals surface area contributed by atoms with Gasteiger partial charge >= 0.3 is 0 Å². The molecule has 2 N–H and O–H groups in total. The topological polar surface area (TPSA) is 61.8 Å². The Morgan fingerprint density at radius 2 is 2.17 bits per heavy atom. The third kappa shape index (κ3) is 3.69. The van der Waals surface area contributed by atoms with Gasteiger partial charge in [-0.05, 0) is 34.3 Å². The third-order valence-electron chi connectivity index (χ3n) is 3.11. The van der Waals surface area contributed by atoms with Crippen molar-refractivity contribution in [1.29, 1.82) is 5.41 Å². The first-order valence-electron chi connectivity index (χ1n) is 6.32. The summed E-state index contributed by atoms with van der Waals surface area (Å²) in [6.45, 7) is 0. The summed E-state index contributed by atoms with van der Waals surface area (Å²) in [5.41, 5.74) is 1.36. The van der Waals surface area contributed by atoms with Gasteiger partial charge in [-0.3, -0.25) is 5.41 Å². The van der Waals surface area contributed by atoms with Crippen LogP contribution in [0, 0.1) is 11.2 Å². The average Bonchev–Trinajstić information content (AvgIpc) is 2.99. The Morgan fingerprint density at radius 3 is 2.91 bits per heavy atom. The molecule has 0 unspecified atom stereocenters. The molecule has 0 fully saturated rings. The van der Waals surface area contributed by atoms with Gasteiger partial charge in [0.2, 0.25) is 5.88 Å². The monoisotopic (exact) mass is 507 g/mol. The molecule has 0 radical (unpaired) electrons. The molecule has 8 heteroatoms. The Bertz CT molecular complexity index is 871. The molecule has 2 aromatic heterocycles. The van der Waals surface area contributed by atoms with Crippen LogP contribution < -0.4 is 4.74 Å². The summed E-state index contributed by atoms with van der Waals surface area (Å²) in [6, 6.07) is 6.54. The van der Waals surface area contributed by atoms with Gasteiger partial charge < -0.3 is 9.72 Å². The van der Waals surface area contributed by atoms with E-state index in [0.29, 0.717) is 20.6 Å². The second kappa shape index (κ2) is 7.63. The van der Waals surface area contributed by atoms with E-state index in [0.717, 1.165) is 5.39 Å². The van der Waals surface area contributed by atoms with Crippen molar-refractivity contribution in [3.63, 3.8) is 0 Å². The molecule has 0 aliphatic carbocycles. The maximum absolute atomic E-state index is 14.2. The molecule has 3 aromatic rings. The lowest BCUT2D eigenvalue weighted by Gasteiger charge is -2.10. The van der Waals surface area contributed by atoms with E-state index in [1.807, 2.05) is 12.3 Å². The lowest BCUT2D eigenvalue weighted by molar-refractivity contribution is 0.426. The summed E-state index contributed by atoms with van der Waals surface area (Å²) in [5.74, 6) is -0.174. The molecule has 0 bridgehead atoms. The number of thioether (sulfide) groups is 1. The molecule has 2 heterocycles. The van der Waals surface area contributed by atoms with E-state index in [1.165, 1.54) is 24.0 Å². The van der Waals surface area contributed by atoms with E-state index in [4.69, 9.17) is 10.1 Å². The number of aromatic nitrogens is 2. The van der Waals surface area contributed by atoms with Crippen LogP contribution in [0.3, 0.4) is 0 Å². The first-order chi connectivity index (χ1) is 10.6. The van der Waals surface area contributed by atoms with Crippen molar-refractivity contribution in [3.8, 4) is 11.6 Å². The Labute approximate surface area is 161 Å². The van der Waals surface area contributed by atoms with Crippen LogP contribution in [0.25, 0.3) is 10.9 Å². The van der Waals surface area contributed by atoms with Crippen LogP contribution in [-0.2, 0) is 0 Å². The summed E-state index contributed by atoms with van der Waals surface area (Å²) >= 11 is 4.69. The minimum Gasteiger partial charge on any atom is -0.435 e. The van der Waals surface area contributed by atoms with E-state index in [1.54, 1.807) is 18.3 Å². The fourth-order valence-electron chi connectivity index (χ4n) is 2.04. The number of hydrogen-bond acceptors (Lipinski definition) is 4. The highest BCUT2D eigenvalue weighted by molar-refractivity contribution is 14.0. The zero-order valence-electron chi connectivity index (χ0n) is 11.9. The number of ether oxygens (including phenoxy) is 1. The largest absolute Gasteiger partial charge is 0.435 e. The molecule has 3 rings (SSSR count). The lowest BCUT2D eigenvalue weighted by Crippen LogP contribution is -1.97. The van der Waals surface area contributed by atoms with Crippen molar-refractivity contribution in [2.24, 2.45) is 0 Å². The van der Waals surface area contributed by atoms with Gasteiger partial charge in [-0.2, -0.15) is 0 Å². The van der Waals surface area contributed by atoms with Crippen molar-refractivity contribution < 1.29 is 9.13 Å². The van der Waals surface area contributed by atoms with Crippen molar-refractivity contribution in [2.75, 3.05) is 6.26 Å². The van der Waals surface area contributed by atoms with Gasteiger partial charge in [0.15, 0.2) is 11.6 Å². The number of hydrogen-bond donors (Lipinski definition) is 2. The molecule has 0 saturated carbocycles. The minimum absolute atomic E-state index is 0. The van der Waals surface area contributed by atoms with Crippen molar-refractivity contribution in [3.05, 3.63) is 52.5 Å². The number of halogens is 3. The Kier molecular flexibility index (Phi) is 6.04. The molecular weight excluding hydrogens is 496 g/mol. The van der Waals surface area contributed by atoms with Gasteiger partial charge in [-0.25, -0.2) is 9.37 Å². The first kappa shape index (κ1) is 18.2. The number of fused-ring (bicyclic) bond motifs is 1. The quantitative estimate of drug-likeness (QED) is 0.277. The molecule has 0 spiro atoms. The molecular formula is C15H12BrFIN3OS. The summed E-state index contributed by atoms with van der Waals surface area (Å²) in [6.07, 6.45) is 5.09. The molecule has 0 atom stereocenters. The highest BCUT2D eigenvalue weighted by atomic mass is 127. The van der Waals surface area contributed by atoms with E-state index < -0.39 is 5.82 Å². The smallest absolute Gasteiger partial charge is 0.220 e. The SMILES string of the molecule is CSC(=N)c1ccnc(Oc2c(F)cc3[nH]ccc3c2Br)c1.I. The van der Waals surface area contributed by atoms with Gasteiger partial charge in [-0.15, -0.1) is 35.7 Å². The fraction of sp³-hybridized carbons (Fsp3) is 0.0667. The summed E-state index contributed by atoms with van der Waals surface area (Å²) in [4.78, 5) is 7.03. The van der Waals surface area contributed by atoms with E-state index in [2.05, 4.69) is 25.9 Å². The zero-order valence-corrected chi connectivity index (χ0v) is 16.6. The second-order valence-corrected chi connectivity index (χ2v) is 6.07. The lowest BCUT2D eigenvalue weighted by atomic mass is 10.2. The molecule has 4 nitrogen and oxygen atoms in total. The predicted molar refractivity (Wildman–Crippen MR) is 106 cm³/mol. The summed E-state index contributed by atoms with van der Waals surface area (Å²) in [7, 11) is 0. The molecule has 120 valence electrons. The van der Waals surface area contributed by atoms with Crippen molar-refractivity contribution in [1.82, 2.24) is 9.97 Å². The number of H-pyrrole nitrogens is 1. The van der Waals surface area contributed by atoms with Gasteiger partial charge in [-0.1, -0.05) is 0 Å². The zero-order chi connectivity index (χ0) is 15.7. The van der Waals surface area contributed by atoms with E-state index in [9.17, 15) is 4.39 Å². The number of nitrogens with zero attached hydrogens (tertiary/aromatic N) is 1. The average molecular weight is 508 g/mol. The van der Waals surface area contributed by atoms with Crippen molar-refractivity contribution >= 4 is 67.6 Å². The molecule has 0 amide bonds.